The summed E-state index contributed by atoms with van der Waals surface area (Å²) in [6.07, 6.45) is 2.93. The van der Waals surface area contributed by atoms with E-state index in [0.717, 1.165) is 23.6 Å². The predicted molar refractivity (Wildman–Crippen MR) is 154 cm³/mol. The number of fused-ring (bicyclic) bond motifs is 1. The van der Waals surface area contributed by atoms with Crippen molar-refractivity contribution in [3.05, 3.63) is 83.4 Å². The van der Waals surface area contributed by atoms with Crippen LogP contribution in [0.2, 0.25) is 0 Å². The third-order valence-electron chi connectivity index (χ3n) is 7.15. The quantitative estimate of drug-likeness (QED) is 0.188. The van der Waals surface area contributed by atoms with Crippen LogP contribution in [-0.4, -0.2) is 54.8 Å². The molecule has 2 amide bonds. The number of nitrogen functional groups attached to an aromatic ring is 1. The number of ether oxygens (including phenoxy) is 1. The van der Waals surface area contributed by atoms with Gasteiger partial charge in [-0.2, -0.15) is 0 Å². The average Bonchev–Trinajstić information content (AvgIpc) is 3.21. The number of hydrogen-bond donors (Lipinski definition) is 3. The van der Waals surface area contributed by atoms with E-state index in [1.165, 1.54) is 12.7 Å². The normalized spacial score (nSPS) is 16.5. The van der Waals surface area contributed by atoms with Gasteiger partial charge in [0, 0.05) is 30.3 Å². The van der Waals surface area contributed by atoms with Gasteiger partial charge in [0.05, 0.1) is 19.4 Å². The fourth-order valence-corrected chi connectivity index (χ4v) is 5.10. The van der Waals surface area contributed by atoms with Crippen LogP contribution in [0.15, 0.2) is 66.7 Å². The smallest absolute Gasteiger partial charge is 0.306 e. The number of hydrogen-bond acceptors (Lipinski definition) is 5. The zero-order valence-electron chi connectivity index (χ0n) is 22.0. The van der Waals surface area contributed by atoms with E-state index in [4.69, 9.17) is 15.9 Å². The lowest BCUT2D eigenvalue weighted by Gasteiger charge is -2.25. The fourth-order valence-electron chi connectivity index (χ4n) is 5.10. The van der Waals surface area contributed by atoms with E-state index >= 15 is 0 Å². The van der Waals surface area contributed by atoms with Crippen LogP contribution in [0.1, 0.15) is 47.2 Å². The Kier molecular flexibility index (Phi) is 10.5. The Labute approximate surface area is 234 Å². The SMILES string of the molecule is COC(=O)C[C@@H]1C[C@@H](CCNC(=O)c2ccc3ccc(C(=N)N)cc3c2)N(CCCc2ccccc2)C1=O.Cl. The number of halogens is 1. The minimum atomic E-state index is -0.393. The zero-order valence-corrected chi connectivity index (χ0v) is 22.8. The highest BCUT2D eigenvalue weighted by Crippen LogP contribution is 2.30. The Bertz CT molecular complexity index is 1330. The highest BCUT2D eigenvalue weighted by Gasteiger charge is 2.39. The topological polar surface area (TPSA) is 126 Å². The number of nitrogens with one attached hydrogen (secondary N) is 2. The number of carbonyl (C=O) groups is 3. The summed E-state index contributed by atoms with van der Waals surface area (Å²) in [7, 11) is 1.33. The first kappa shape index (κ1) is 29.6. The largest absolute Gasteiger partial charge is 0.469 e. The van der Waals surface area contributed by atoms with Gasteiger partial charge in [0.25, 0.3) is 5.91 Å². The molecule has 8 nitrogen and oxygen atoms in total. The van der Waals surface area contributed by atoms with Crippen LogP contribution < -0.4 is 11.1 Å². The molecule has 39 heavy (non-hydrogen) atoms. The molecule has 0 unspecified atom stereocenters. The lowest BCUT2D eigenvalue weighted by atomic mass is 10.00. The molecule has 3 aromatic carbocycles. The van der Waals surface area contributed by atoms with Gasteiger partial charge in [-0.3, -0.25) is 19.8 Å². The number of nitrogens with zero attached hydrogens (tertiary/aromatic N) is 1. The molecule has 206 valence electrons. The van der Waals surface area contributed by atoms with Gasteiger partial charge in [0.1, 0.15) is 5.84 Å². The first-order valence-electron chi connectivity index (χ1n) is 12.9. The van der Waals surface area contributed by atoms with Crippen molar-refractivity contribution in [3.63, 3.8) is 0 Å². The lowest BCUT2D eigenvalue weighted by Crippen LogP contribution is -2.37. The van der Waals surface area contributed by atoms with Gasteiger partial charge < -0.3 is 20.7 Å². The van der Waals surface area contributed by atoms with Crippen molar-refractivity contribution in [2.24, 2.45) is 11.7 Å². The molecular weight excluding hydrogens is 516 g/mol. The Balaban J connectivity index is 0.00000420. The van der Waals surface area contributed by atoms with Crippen LogP contribution >= 0.6 is 12.4 Å². The highest BCUT2D eigenvalue weighted by atomic mass is 35.5. The Morgan fingerprint density at radius 1 is 1.05 bits per heavy atom. The molecule has 1 aliphatic heterocycles. The summed E-state index contributed by atoms with van der Waals surface area (Å²) in [6, 6.07) is 21.0. The van der Waals surface area contributed by atoms with Gasteiger partial charge in [-0.15, -0.1) is 12.4 Å². The number of esters is 1. The maximum absolute atomic E-state index is 13.1. The van der Waals surface area contributed by atoms with Gasteiger partial charge in [-0.25, -0.2) is 0 Å². The minimum Gasteiger partial charge on any atom is -0.469 e. The van der Waals surface area contributed by atoms with E-state index < -0.39 is 5.92 Å². The van der Waals surface area contributed by atoms with E-state index in [1.807, 2.05) is 35.2 Å². The van der Waals surface area contributed by atoms with E-state index in [1.54, 1.807) is 24.3 Å². The summed E-state index contributed by atoms with van der Waals surface area (Å²) in [6.45, 7) is 1.01. The molecule has 3 aromatic rings. The summed E-state index contributed by atoms with van der Waals surface area (Å²) in [5.41, 5.74) is 7.95. The summed E-state index contributed by atoms with van der Waals surface area (Å²) < 4.78 is 4.80. The number of aryl methyl sites for hydroxylation is 1. The van der Waals surface area contributed by atoms with Gasteiger partial charge in [-0.05, 0) is 60.2 Å². The second-order valence-electron chi connectivity index (χ2n) is 9.72. The van der Waals surface area contributed by atoms with Crippen LogP contribution in [0.4, 0.5) is 0 Å². The molecular formula is C30H35ClN4O4. The van der Waals surface area contributed by atoms with Crippen molar-refractivity contribution >= 4 is 46.8 Å². The number of methoxy groups -OCH3 is 1. The second-order valence-corrected chi connectivity index (χ2v) is 9.72. The summed E-state index contributed by atoms with van der Waals surface area (Å²) >= 11 is 0. The molecule has 0 aliphatic carbocycles. The molecule has 4 N–H and O–H groups in total. The number of benzene rings is 3. The maximum Gasteiger partial charge on any atom is 0.306 e. The van der Waals surface area contributed by atoms with Crippen LogP contribution in [-0.2, 0) is 20.7 Å². The molecule has 1 saturated heterocycles. The van der Waals surface area contributed by atoms with Crippen LogP contribution in [0.5, 0.6) is 0 Å². The molecule has 0 bridgehead atoms. The Morgan fingerprint density at radius 3 is 2.44 bits per heavy atom. The molecule has 4 rings (SSSR count). The Morgan fingerprint density at radius 2 is 1.74 bits per heavy atom. The summed E-state index contributed by atoms with van der Waals surface area (Å²) in [5.74, 6) is -1.02. The maximum atomic E-state index is 13.1. The average molecular weight is 551 g/mol. The number of rotatable bonds is 11. The molecule has 0 radical (unpaired) electrons. The van der Waals surface area contributed by atoms with Crippen LogP contribution in [0.3, 0.4) is 0 Å². The molecule has 9 heteroatoms. The highest BCUT2D eigenvalue weighted by molar-refractivity contribution is 6.02. The van der Waals surface area contributed by atoms with E-state index in [9.17, 15) is 14.4 Å². The van der Waals surface area contributed by atoms with Gasteiger partial charge in [0.15, 0.2) is 0 Å². The minimum absolute atomic E-state index is 0. The molecule has 0 aromatic heterocycles. The standard InChI is InChI=1S/C30H34N4O4.ClH/c1-38-27(35)19-25-18-26(34(30(25)37)15-5-8-20-6-3-2-4-7-20)13-14-33-29(36)23-12-10-21-9-11-22(28(31)32)16-24(21)17-23;/h2-4,6-7,9-12,16-17,25-26H,5,8,13-15,18-19H2,1H3,(H3,31,32)(H,33,36);1H/t25-,26+;/m0./s1. The summed E-state index contributed by atoms with van der Waals surface area (Å²) in [5, 5.41) is 12.4. The summed E-state index contributed by atoms with van der Waals surface area (Å²) in [4.78, 5) is 39.8. The van der Waals surface area contributed by atoms with Gasteiger partial charge in [-0.1, -0.05) is 48.5 Å². The molecule has 0 spiro atoms. The van der Waals surface area contributed by atoms with Crippen molar-refractivity contribution in [1.82, 2.24) is 10.2 Å². The second kappa shape index (κ2) is 13.8. The fraction of sp³-hybridized carbons (Fsp3) is 0.333. The molecule has 0 saturated carbocycles. The van der Waals surface area contributed by atoms with E-state index in [-0.39, 0.29) is 48.5 Å². The molecule has 1 fully saturated rings. The van der Waals surface area contributed by atoms with Gasteiger partial charge in [0.2, 0.25) is 5.91 Å². The zero-order chi connectivity index (χ0) is 27.1. The van der Waals surface area contributed by atoms with Crippen molar-refractivity contribution < 1.29 is 19.1 Å². The van der Waals surface area contributed by atoms with Crippen molar-refractivity contribution in [2.45, 2.75) is 38.1 Å². The predicted octanol–water partition coefficient (Wildman–Crippen LogP) is 4.08. The van der Waals surface area contributed by atoms with E-state index in [2.05, 4.69) is 17.4 Å². The molecule has 2 atom stereocenters. The lowest BCUT2D eigenvalue weighted by molar-refractivity contribution is -0.144. The first-order chi connectivity index (χ1) is 18.4. The van der Waals surface area contributed by atoms with Crippen molar-refractivity contribution in [1.29, 1.82) is 5.41 Å². The van der Waals surface area contributed by atoms with Crippen LogP contribution in [0.25, 0.3) is 10.8 Å². The Hall–Kier alpha value is -3.91. The number of carbonyl (C=O) groups excluding carboxylic acids is 3. The number of amides is 2. The van der Waals surface area contributed by atoms with Gasteiger partial charge >= 0.3 is 5.97 Å². The molecule has 1 aliphatic rings. The number of nitrogens with two attached hydrogens (primary N) is 1. The number of amidine groups is 1. The third-order valence-corrected chi connectivity index (χ3v) is 7.15. The van der Waals surface area contributed by atoms with Crippen molar-refractivity contribution in [2.75, 3.05) is 20.2 Å². The van der Waals surface area contributed by atoms with Crippen molar-refractivity contribution in [3.8, 4) is 0 Å². The molecule has 1 heterocycles. The first-order valence-corrected chi connectivity index (χ1v) is 12.9. The monoisotopic (exact) mass is 550 g/mol. The van der Waals surface area contributed by atoms with Crippen LogP contribution in [0, 0.1) is 11.3 Å². The third kappa shape index (κ3) is 7.57. The van der Waals surface area contributed by atoms with E-state index in [0.29, 0.717) is 37.1 Å². The number of likely N-dealkylation sites (tertiary alicyclic amines) is 1.